The van der Waals surface area contributed by atoms with Crippen LogP contribution in [0.15, 0.2) is 54.6 Å². The predicted octanol–water partition coefficient (Wildman–Crippen LogP) is 2.91. The third-order valence-corrected chi connectivity index (χ3v) is 3.96. The van der Waals surface area contributed by atoms with E-state index in [2.05, 4.69) is 16.7 Å². The maximum atomic E-state index is 12.2. The molecule has 5 heteroatoms. The molecule has 1 amide bonds. The summed E-state index contributed by atoms with van der Waals surface area (Å²) in [6.45, 7) is 0.843. The van der Waals surface area contributed by atoms with Gasteiger partial charge < -0.3 is 15.4 Å². The van der Waals surface area contributed by atoms with E-state index in [0.29, 0.717) is 11.3 Å². The topological polar surface area (TPSA) is 74.2 Å². The summed E-state index contributed by atoms with van der Waals surface area (Å²) in [6, 6.07) is 17.9. The molecule has 3 rings (SSSR count). The first-order valence-corrected chi connectivity index (χ1v) is 8.02. The van der Waals surface area contributed by atoms with Gasteiger partial charge in [-0.15, -0.1) is 0 Å². The summed E-state index contributed by atoms with van der Waals surface area (Å²) >= 11 is 0. The van der Waals surface area contributed by atoms with Crippen molar-refractivity contribution in [1.29, 1.82) is 5.26 Å². The molecule has 0 aliphatic carbocycles. The van der Waals surface area contributed by atoms with Crippen molar-refractivity contribution < 1.29 is 9.53 Å². The molecule has 2 N–H and O–H groups in total. The number of para-hydroxylation sites is 1. The SMILES string of the molecule is N#CC(NC(=O)[C@@H]1CCCN1)c1cccc(Oc2ccccc2)c1. The summed E-state index contributed by atoms with van der Waals surface area (Å²) < 4.78 is 5.78. The minimum Gasteiger partial charge on any atom is -0.457 e. The lowest BCUT2D eigenvalue weighted by molar-refractivity contribution is -0.123. The number of amides is 1. The third kappa shape index (κ3) is 3.92. The first-order valence-electron chi connectivity index (χ1n) is 8.02. The molecule has 2 aromatic rings. The molecule has 2 aromatic carbocycles. The second kappa shape index (κ2) is 7.62. The Morgan fingerprint density at radius 2 is 2.00 bits per heavy atom. The fourth-order valence-corrected chi connectivity index (χ4v) is 2.72. The van der Waals surface area contributed by atoms with Gasteiger partial charge in [0.25, 0.3) is 0 Å². The van der Waals surface area contributed by atoms with Gasteiger partial charge in [-0.25, -0.2) is 0 Å². The summed E-state index contributed by atoms with van der Waals surface area (Å²) in [5, 5.41) is 15.4. The largest absolute Gasteiger partial charge is 0.457 e. The van der Waals surface area contributed by atoms with Crippen LogP contribution < -0.4 is 15.4 Å². The smallest absolute Gasteiger partial charge is 0.238 e. The number of hydrogen-bond donors (Lipinski definition) is 2. The zero-order valence-electron chi connectivity index (χ0n) is 13.2. The van der Waals surface area contributed by atoms with Crippen molar-refractivity contribution in [3.8, 4) is 17.6 Å². The van der Waals surface area contributed by atoms with Crippen LogP contribution in [0.4, 0.5) is 0 Å². The Balaban J connectivity index is 1.71. The van der Waals surface area contributed by atoms with Gasteiger partial charge in [-0.3, -0.25) is 4.79 Å². The van der Waals surface area contributed by atoms with Crippen molar-refractivity contribution in [1.82, 2.24) is 10.6 Å². The Hall–Kier alpha value is -2.84. The van der Waals surface area contributed by atoms with E-state index < -0.39 is 6.04 Å². The minimum absolute atomic E-state index is 0.131. The van der Waals surface area contributed by atoms with Gasteiger partial charge in [0.2, 0.25) is 5.91 Å². The molecule has 1 aliphatic heterocycles. The summed E-state index contributed by atoms with van der Waals surface area (Å²) in [5.74, 6) is 1.22. The van der Waals surface area contributed by atoms with Crippen LogP contribution in [0.2, 0.25) is 0 Å². The lowest BCUT2D eigenvalue weighted by atomic mass is 10.1. The average Bonchev–Trinajstić information content (AvgIpc) is 3.15. The number of ether oxygens (including phenoxy) is 1. The molecule has 0 spiro atoms. The quantitative estimate of drug-likeness (QED) is 0.888. The molecular formula is C19H19N3O2. The van der Waals surface area contributed by atoms with E-state index in [1.54, 1.807) is 6.07 Å². The van der Waals surface area contributed by atoms with Gasteiger partial charge >= 0.3 is 0 Å². The molecule has 0 aromatic heterocycles. The Bertz CT molecular complexity index is 734. The molecule has 0 radical (unpaired) electrons. The van der Waals surface area contributed by atoms with Crippen molar-refractivity contribution in [3.05, 3.63) is 60.2 Å². The van der Waals surface area contributed by atoms with E-state index in [9.17, 15) is 10.1 Å². The summed E-state index contributed by atoms with van der Waals surface area (Å²) in [5.41, 5.74) is 0.706. The highest BCUT2D eigenvalue weighted by molar-refractivity contribution is 5.82. The van der Waals surface area contributed by atoms with Crippen LogP contribution in [0, 0.1) is 11.3 Å². The standard InChI is InChI=1S/C19H19N3O2/c20-13-18(22-19(23)17-10-5-11-21-17)14-6-4-9-16(12-14)24-15-7-2-1-3-8-15/h1-4,6-9,12,17-18,21H,5,10-11H2,(H,22,23)/t17-,18?/m0/s1. The number of hydrogen-bond acceptors (Lipinski definition) is 4. The molecule has 1 fully saturated rings. The molecule has 0 bridgehead atoms. The van der Waals surface area contributed by atoms with E-state index in [1.165, 1.54) is 0 Å². The maximum Gasteiger partial charge on any atom is 0.238 e. The van der Waals surface area contributed by atoms with Gasteiger partial charge in [-0.2, -0.15) is 5.26 Å². The number of nitrogens with zero attached hydrogens (tertiary/aromatic N) is 1. The van der Waals surface area contributed by atoms with Crippen molar-refractivity contribution in [2.24, 2.45) is 0 Å². The predicted molar refractivity (Wildman–Crippen MR) is 90.5 cm³/mol. The number of benzene rings is 2. The van der Waals surface area contributed by atoms with Gasteiger partial charge in [-0.05, 0) is 49.2 Å². The highest BCUT2D eigenvalue weighted by Gasteiger charge is 2.24. The second-order valence-electron chi connectivity index (χ2n) is 5.71. The number of nitriles is 1. The first-order chi connectivity index (χ1) is 11.8. The van der Waals surface area contributed by atoms with Crippen LogP contribution in [0.5, 0.6) is 11.5 Å². The van der Waals surface area contributed by atoms with Crippen molar-refractivity contribution in [2.45, 2.75) is 24.9 Å². The van der Waals surface area contributed by atoms with Crippen LogP contribution in [0.25, 0.3) is 0 Å². The fourth-order valence-electron chi connectivity index (χ4n) is 2.72. The summed E-state index contributed by atoms with van der Waals surface area (Å²) in [6.07, 6.45) is 1.79. The van der Waals surface area contributed by atoms with E-state index in [0.717, 1.165) is 25.1 Å². The first kappa shape index (κ1) is 16.0. The van der Waals surface area contributed by atoms with Crippen molar-refractivity contribution in [3.63, 3.8) is 0 Å². The van der Waals surface area contributed by atoms with Crippen LogP contribution in [-0.4, -0.2) is 18.5 Å². The van der Waals surface area contributed by atoms with E-state index in [1.807, 2.05) is 48.5 Å². The lowest BCUT2D eigenvalue weighted by Gasteiger charge is -2.16. The van der Waals surface area contributed by atoms with Crippen molar-refractivity contribution in [2.75, 3.05) is 6.54 Å². The lowest BCUT2D eigenvalue weighted by Crippen LogP contribution is -2.41. The molecule has 1 unspecified atom stereocenters. The molecule has 24 heavy (non-hydrogen) atoms. The molecule has 2 atom stereocenters. The summed E-state index contributed by atoms with van der Waals surface area (Å²) in [7, 11) is 0. The Labute approximate surface area is 141 Å². The van der Waals surface area contributed by atoms with Crippen LogP contribution in [-0.2, 0) is 4.79 Å². The van der Waals surface area contributed by atoms with E-state index in [-0.39, 0.29) is 11.9 Å². The fraction of sp³-hybridized carbons (Fsp3) is 0.263. The Kier molecular flexibility index (Phi) is 5.09. The zero-order valence-corrected chi connectivity index (χ0v) is 13.2. The molecule has 122 valence electrons. The van der Waals surface area contributed by atoms with Gasteiger partial charge in [0.15, 0.2) is 0 Å². The van der Waals surface area contributed by atoms with E-state index in [4.69, 9.17) is 4.74 Å². The normalized spacial score (nSPS) is 17.7. The summed E-state index contributed by atoms with van der Waals surface area (Å²) in [4.78, 5) is 12.2. The molecule has 1 saturated heterocycles. The Morgan fingerprint density at radius 3 is 2.71 bits per heavy atom. The molecule has 0 saturated carbocycles. The highest BCUT2D eigenvalue weighted by Crippen LogP contribution is 2.24. The minimum atomic E-state index is -0.695. The highest BCUT2D eigenvalue weighted by atomic mass is 16.5. The average molecular weight is 321 g/mol. The third-order valence-electron chi connectivity index (χ3n) is 3.96. The Morgan fingerprint density at radius 1 is 1.21 bits per heavy atom. The van der Waals surface area contributed by atoms with Gasteiger partial charge in [0.05, 0.1) is 12.1 Å². The van der Waals surface area contributed by atoms with E-state index >= 15 is 0 Å². The number of carbonyl (C=O) groups excluding carboxylic acids is 1. The number of nitrogens with one attached hydrogen (secondary N) is 2. The molecule has 5 nitrogen and oxygen atoms in total. The number of rotatable bonds is 5. The molecule has 1 aliphatic rings. The van der Waals surface area contributed by atoms with Crippen LogP contribution in [0.3, 0.4) is 0 Å². The molecular weight excluding hydrogens is 302 g/mol. The van der Waals surface area contributed by atoms with Crippen LogP contribution in [0.1, 0.15) is 24.4 Å². The molecule has 1 heterocycles. The van der Waals surface area contributed by atoms with Gasteiger partial charge in [0.1, 0.15) is 17.5 Å². The monoisotopic (exact) mass is 321 g/mol. The van der Waals surface area contributed by atoms with Crippen molar-refractivity contribution >= 4 is 5.91 Å². The van der Waals surface area contributed by atoms with Gasteiger partial charge in [-0.1, -0.05) is 30.3 Å². The zero-order chi connectivity index (χ0) is 16.8. The van der Waals surface area contributed by atoms with Gasteiger partial charge in [0, 0.05) is 0 Å². The number of carbonyl (C=O) groups is 1. The maximum absolute atomic E-state index is 12.2. The second-order valence-corrected chi connectivity index (χ2v) is 5.71. The van der Waals surface area contributed by atoms with Crippen LogP contribution >= 0.6 is 0 Å².